The van der Waals surface area contributed by atoms with Crippen molar-refractivity contribution >= 4 is 6.03 Å². The first-order valence-electron chi connectivity index (χ1n) is 13.8. The minimum Gasteiger partial charge on any atom is -0.508 e. The number of imidazole rings is 1. The van der Waals surface area contributed by atoms with Gasteiger partial charge in [-0.25, -0.2) is 27.3 Å². The van der Waals surface area contributed by atoms with Crippen LogP contribution in [0.4, 0.5) is 22.4 Å². The van der Waals surface area contributed by atoms with E-state index in [9.17, 15) is 27.5 Å². The number of hydrogen-bond acceptors (Lipinski definition) is 5. The third-order valence-corrected chi connectivity index (χ3v) is 7.18. The molecule has 1 saturated heterocycles. The van der Waals surface area contributed by atoms with Gasteiger partial charge in [-0.05, 0) is 35.6 Å². The highest BCUT2D eigenvalue weighted by Crippen LogP contribution is 2.40. The van der Waals surface area contributed by atoms with Crippen LogP contribution in [0.15, 0.2) is 42.6 Å². The fourth-order valence-corrected chi connectivity index (χ4v) is 5.15. The molecule has 2 aromatic carbocycles. The zero-order valence-corrected chi connectivity index (χ0v) is 24.0. The van der Waals surface area contributed by atoms with Crippen molar-refractivity contribution < 1.29 is 32.2 Å². The van der Waals surface area contributed by atoms with Crippen molar-refractivity contribution in [3.05, 3.63) is 71.4 Å². The first kappa shape index (κ1) is 31.3. The lowest BCUT2D eigenvalue weighted by Crippen LogP contribution is -2.52. The van der Waals surface area contributed by atoms with Gasteiger partial charge in [0.05, 0.1) is 24.9 Å². The molecule has 0 unspecified atom stereocenters. The molecular formula is C30H37F4N5O3. The number of carbonyl (C=O) groups excluding carboxylic acids is 1. The quantitative estimate of drug-likeness (QED) is 0.262. The van der Waals surface area contributed by atoms with Gasteiger partial charge >= 0.3 is 6.03 Å². The first-order chi connectivity index (χ1) is 19.9. The van der Waals surface area contributed by atoms with E-state index in [1.165, 1.54) is 12.3 Å². The molecule has 0 spiro atoms. The molecular weight excluding hydrogens is 554 g/mol. The first-order valence-corrected chi connectivity index (χ1v) is 13.8. The van der Waals surface area contributed by atoms with Gasteiger partial charge in [0.1, 0.15) is 24.1 Å². The molecule has 2 amide bonds. The Morgan fingerprint density at radius 3 is 2.52 bits per heavy atom. The fourth-order valence-electron chi connectivity index (χ4n) is 5.15. The van der Waals surface area contributed by atoms with Crippen LogP contribution in [0.1, 0.15) is 44.6 Å². The second-order valence-corrected chi connectivity index (χ2v) is 11.6. The Kier molecular flexibility index (Phi) is 9.78. The smallest absolute Gasteiger partial charge is 0.320 e. The lowest BCUT2D eigenvalue weighted by molar-refractivity contribution is 0.0277. The van der Waals surface area contributed by atoms with Crippen molar-refractivity contribution in [3.8, 4) is 17.0 Å². The number of halogens is 4. The molecule has 0 radical (unpaired) electrons. The minimum atomic E-state index is -1.36. The van der Waals surface area contributed by atoms with Crippen LogP contribution in [0.5, 0.6) is 5.75 Å². The average Bonchev–Trinajstić information content (AvgIpc) is 3.34. The molecule has 42 heavy (non-hydrogen) atoms. The summed E-state index contributed by atoms with van der Waals surface area (Å²) < 4.78 is 63.9. The van der Waals surface area contributed by atoms with E-state index in [2.05, 4.69) is 4.98 Å². The monoisotopic (exact) mass is 591 g/mol. The van der Waals surface area contributed by atoms with E-state index >= 15 is 0 Å². The molecule has 8 nitrogen and oxygen atoms in total. The van der Waals surface area contributed by atoms with Crippen LogP contribution < -0.4 is 5.73 Å². The van der Waals surface area contributed by atoms with Gasteiger partial charge in [-0.1, -0.05) is 32.9 Å². The Hall–Kier alpha value is -3.64. The van der Waals surface area contributed by atoms with Gasteiger partial charge in [-0.15, -0.1) is 0 Å². The third-order valence-electron chi connectivity index (χ3n) is 7.18. The van der Waals surface area contributed by atoms with Crippen LogP contribution in [0.3, 0.4) is 0 Å². The summed E-state index contributed by atoms with van der Waals surface area (Å²) in [6.45, 7) is 6.64. The van der Waals surface area contributed by atoms with Gasteiger partial charge in [-0.2, -0.15) is 0 Å². The SMILES string of the molecule is CC(C)(C)[C@H](c1nc(-c2cc(F)cc(F)c2F)cn1Cc1cccc(O)c1)N(CC[C@H](N)CF)C(=O)N1CCOCC1. The highest BCUT2D eigenvalue weighted by Gasteiger charge is 2.40. The number of aromatic nitrogens is 2. The number of alkyl halides is 1. The number of aromatic hydroxyl groups is 1. The van der Waals surface area contributed by atoms with E-state index in [0.29, 0.717) is 43.8 Å². The number of benzene rings is 2. The highest BCUT2D eigenvalue weighted by atomic mass is 19.2. The number of hydrogen-bond donors (Lipinski definition) is 2. The molecule has 0 aliphatic carbocycles. The number of urea groups is 1. The summed E-state index contributed by atoms with van der Waals surface area (Å²) in [7, 11) is 0. The normalized spacial score (nSPS) is 15.5. The molecule has 1 aromatic heterocycles. The van der Waals surface area contributed by atoms with E-state index in [1.54, 1.807) is 32.6 Å². The Morgan fingerprint density at radius 1 is 1.17 bits per heavy atom. The number of rotatable bonds is 9. The molecule has 0 saturated carbocycles. The van der Waals surface area contributed by atoms with Crippen LogP contribution in [0, 0.1) is 22.9 Å². The minimum absolute atomic E-state index is 0.0318. The standard InChI is InChI=1S/C30H37F4N5O3/c1-30(2,3)27(39(8-7-21(35)16-31)29(41)37-9-11-42-12-10-37)28-36-25(23-14-20(32)15-24(33)26(23)34)18-38(28)17-19-5-4-6-22(40)13-19/h4-6,13-15,18,21,27,40H,7-12,16-17,35H2,1-3H3/t21-,27-/m0/s1. The number of morpholine rings is 1. The Morgan fingerprint density at radius 2 is 1.88 bits per heavy atom. The van der Waals surface area contributed by atoms with E-state index < -0.39 is 41.6 Å². The zero-order valence-electron chi connectivity index (χ0n) is 24.0. The van der Waals surface area contributed by atoms with Crippen molar-refractivity contribution in [1.29, 1.82) is 0 Å². The number of nitrogens with zero attached hydrogens (tertiary/aromatic N) is 4. The van der Waals surface area contributed by atoms with Gasteiger partial charge in [-0.3, -0.25) is 0 Å². The van der Waals surface area contributed by atoms with Crippen LogP contribution in [0.25, 0.3) is 11.3 Å². The summed E-state index contributed by atoms with van der Waals surface area (Å²) in [5, 5.41) is 10.1. The Balaban J connectivity index is 1.89. The Labute approximate surface area is 242 Å². The molecule has 1 aliphatic heterocycles. The van der Waals surface area contributed by atoms with Gasteiger partial charge < -0.3 is 29.9 Å². The van der Waals surface area contributed by atoms with Gasteiger partial charge in [0.15, 0.2) is 11.6 Å². The summed E-state index contributed by atoms with van der Waals surface area (Å²) in [6, 6.07) is 5.96. The number of phenols is 1. The second kappa shape index (κ2) is 13.1. The molecule has 3 aromatic rings. The van der Waals surface area contributed by atoms with Gasteiger partial charge in [0.2, 0.25) is 0 Å². The molecule has 4 rings (SSSR count). The molecule has 1 aliphatic rings. The molecule has 12 heteroatoms. The topological polar surface area (TPSA) is 96.8 Å². The number of phenolic OH excluding ortho intramolecular Hbond substituents is 1. The maximum Gasteiger partial charge on any atom is 0.320 e. The average molecular weight is 592 g/mol. The van der Waals surface area contributed by atoms with Crippen LogP contribution >= 0.6 is 0 Å². The molecule has 228 valence electrons. The van der Waals surface area contributed by atoms with E-state index in [0.717, 1.165) is 6.07 Å². The lowest BCUT2D eigenvalue weighted by Gasteiger charge is -2.43. The van der Waals surface area contributed by atoms with Crippen LogP contribution in [-0.4, -0.2) is 76.1 Å². The molecule has 0 bridgehead atoms. The number of amides is 2. The lowest BCUT2D eigenvalue weighted by atomic mass is 9.84. The van der Waals surface area contributed by atoms with E-state index in [4.69, 9.17) is 10.5 Å². The summed E-state index contributed by atoms with van der Waals surface area (Å²) in [4.78, 5) is 22.0. The zero-order chi connectivity index (χ0) is 30.6. The summed E-state index contributed by atoms with van der Waals surface area (Å²) in [5.41, 5.74) is 5.51. The van der Waals surface area contributed by atoms with Crippen molar-refractivity contribution in [2.45, 2.75) is 45.8 Å². The maximum absolute atomic E-state index is 14.9. The van der Waals surface area contributed by atoms with Gasteiger partial charge in [0, 0.05) is 50.0 Å². The van der Waals surface area contributed by atoms with Crippen LogP contribution in [-0.2, 0) is 11.3 Å². The molecule has 2 heterocycles. The number of nitrogens with two attached hydrogens (primary N) is 1. The van der Waals surface area contributed by atoms with E-state index in [-0.39, 0.29) is 42.5 Å². The van der Waals surface area contributed by atoms with Crippen molar-refractivity contribution in [2.24, 2.45) is 11.1 Å². The third kappa shape index (κ3) is 7.22. The van der Waals surface area contributed by atoms with Crippen molar-refractivity contribution in [1.82, 2.24) is 19.4 Å². The number of carbonyl (C=O) groups is 1. The molecule has 1 fully saturated rings. The maximum atomic E-state index is 14.9. The van der Waals surface area contributed by atoms with Crippen LogP contribution in [0.2, 0.25) is 0 Å². The number of ether oxygens (including phenoxy) is 1. The Bertz CT molecular complexity index is 1390. The highest BCUT2D eigenvalue weighted by molar-refractivity contribution is 5.75. The van der Waals surface area contributed by atoms with Gasteiger partial charge in [0.25, 0.3) is 0 Å². The van der Waals surface area contributed by atoms with Crippen molar-refractivity contribution in [3.63, 3.8) is 0 Å². The largest absolute Gasteiger partial charge is 0.508 e. The fraction of sp³-hybridized carbons (Fsp3) is 0.467. The predicted octanol–water partition coefficient (Wildman–Crippen LogP) is 5.25. The second-order valence-electron chi connectivity index (χ2n) is 11.6. The molecule has 2 atom stereocenters. The molecule has 3 N–H and O–H groups in total. The summed E-state index contributed by atoms with van der Waals surface area (Å²) >= 11 is 0. The predicted molar refractivity (Wildman–Crippen MR) is 150 cm³/mol. The summed E-state index contributed by atoms with van der Waals surface area (Å²) in [6.07, 6.45) is 1.64. The van der Waals surface area contributed by atoms with Crippen molar-refractivity contribution in [2.75, 3.05) is 39.5 Å². The summed E-state index contributed by atoms with van der Waals surface area (Å²) in [5.74, 6) is -3.23. The van der Waals surface area contributed by atoms with E-state index in [1.807, 2.05) is 20.8 Å².